The molecule has 1 heterocycles. The van der Waals surface area contributed by atoms with E-state index in [9.17, 15) is 4.79 Å². The van der Waals surface area contributed by atoms with Crippen LogP contribution in [0.15, 0.2) is 24.3 Å². The molecule has 2 N–H and O–H groups in total. The van der Waals surface area contributed by atoms with Crippen molar-refractivity contribution in [3.8, 4) is 11.3 Å². The molecule has 0 spiro atoms. The van der Waals surface area contributed by atoms with E-state index in [1.165, 1.54) is 7.11 Å². The van der Waals surface area contributed by atoms with Crippen molar-refractivity contribution >= 4 is 23.3 Å². The zero-order valence-corrected chi connectivity index (χ0v) is 12.3. The van der Waals surface area contributed by atoms with Crippen LogP contribution in [0.4, 0.5) is 5.69 Å². The first-order valence-electron chi connectivity index (χ1n) is 6.06. The predicted octanol–water partition coefficient (Wildman–Crippen LogP) is 3.39. The Morgan fingerprint density at radius 1 is 1.30 bits per heavy atom. The Balaban J connectivity index is 2.63. The van der Waals surface area contributed by atoms with Crippen molar-refractivity contribution in [1.29, 1.82) is 0 Å². The smallest absolute Gasteiger partial charge is 0.358 e. The standard InChI is InChI=1S/C15H15ClN2O2/c1-8-4-5-10(9(2)6-8)12-7-11(17)13(16)14(18-12)15(19)20-3/h4-7H,1-3H3,(H2,17,18). The molecule has 5 heteroatoms. The summed E-state index contributed by atoms with van der Waals surface area (Å²) in [5.41, 5.74) is 9.90. The number of methoxy groups -OCH3 is 1. The number of hydrogen-bond donors (Lipinski definition) is 1. The summed E-state index contributed by atoms with van der Waals surface area (Å²) in [4.78, 5) is 16.0. The molecular formula is C15H15ClN2O2. The average Bonchev–Trinajstić information content (AvgIpc) is 2.41. The number of aromatic nitrogens is 1. The van der Waals surface area contributed by atoms with Crippen LogP contribution in [-0.2, 0) is 4.74 Å². The molecule has 0 aliphatic heterocycles. The quantitative estimate of drug-likeness (QED) is 0.861. The fourth-order valence-electron chi connectivity index (χ4n) is 2.02. The van der Waals surface area contributed by atoms with Gasteiger partial charge in [-0.05, 0) is 25.5 Å². The number of nitrogens with zero attached hydrogens (tertiary/aromatic N) is 1. The predicted molar refractivity (Wildman–Crippen MR) is 79.9 cm³/mol. The number of benzene rings is 1. The number of carbonyl (C=O) groups is 1. The highest BCUT2D eigenvalue weighted by molar-refractivity contribution is 6.35. The van der Waals surface area contributed by atoms with Gasteiger partial charge in [0.15, 0.2) is 5.69 Å². The second-order valence-corrected chi connectivity index (χ2v) is 4.95. The Labute approximate surface area is 122 Å². The molecule has 1 aromatic heterocycles. The van der Waals surface area contributed by atoms with Crippen molar-refractivity contribution in [3.05, 3.63) is 46.1 Å². The Bertz CT molecular complexity index is 684. The topological polar surface area (TPSA) is 65.2 Å². The Morgan fingerprint density at radius 2 is 2.00 bits per heavy atom. The zero-order valence-electron chi connectivity index (χ0n) is 11.5. The van der Waals surface area contributed by atoms with Gasteiger partial charge in [0.05, 0.1) is 23.5 Å². The third-order valence-electron chi connectivity index (χ3n) is 3.02. The number of rotatable bonds is 2. The molecule has 0 amide bonds. The highest BCUT2D eigenvalue weighted by Gasteiger charge is 2.18. The van der Waals surface area contributed by atoms with E-state index in [4.69, 9.17) is 17.3 Å². The lowest BCUT2D eigenvalue weighted by molar-refractivity contribution is 0.0594. The maximum absolute atomic E-state index is 11.7. The molecule has 0 aliphatic rings. The van der Waals surface area contributed by atoms with Crippen LogP contribution in [0.5, 0.6) is 0 Å². The molecule has 1 aromatic carbocycles. The van der Waals surface area contributed by atoms with Gasteiger partial charge >= 0.3 is 5.97 Å². The van der Waals surface area contributed by atoms with Gasteiger partial charge in [-0.3, -0.25) is 0 Å². The van der Waals surface area contributed by atoms with Crippen molar-refractivity contribution in [2.45, 2.75) is 13.8 Å². The van der Waals surface area contributed by atoms with Gasteiger partial charge in [0.2, 0.25) is 0 Å². The van der Waals surface area contributed by atoms with Crippen LogP contribution in [0.1, 0.15) is 21.6 Å². The van der Waals surface area contributed by atoms with Crippen molar-refractivity contribution < 1.29 is 9.53 Å². The second-order valence-electron chi connectivity index (χ2n) is 4.57. The van der Waals surface area contributed by atoms with E-state index in [1.54, 1.807) is 6.07 Å². The van der Waals surface area contributed by atoms with E-state index in [-0.39, 0.29) is 10.7 Å². The fraction of sp³-hybridized carbons (Fsp3) is 0.200. The summed E-state index contributed by atoms with van der Waals surface area (Å²) in [6, 6.07) is 7.63. The van der Waals surface area contributed by atoms with Gasteiger partial charge in [0.1, 0.15) is 0 Å². The molecule has 0 radical (unpaired) electrons. The Morgan fingerprint density at radius 3 is 2.60 bits per heavy atom. The maximum atomic E-state index is 11.7. The molecule has 20 heavy (non-hydrogen) atoms. The molecule has 0 bridgehead atoms. The second kappa shape index (κ2) is 5.51. The van der Waals surface area contributed by atoms with Crippen molar-refractivity contribution in [3.63, 3.8) is 0 Å². The summed E-state index contributed by atoms with van der Waals surface area (Å²) >= 11 is 6.00. The lowest BCUT2D eigenvalue weighted by Gasteiger charge is -2.10. The molecule has 0 saturated heterocycles. The number of esters is 1. The molecule has 2 rings (SSSR count). The van der Waals surface area contributed by atoms with Crippen molar-refractivity contribution in [1.82, 2.24) is 4.98 Å². The minimum atomic E-state index is -0.603. The van der Waals surface area contributed by atoms with E-state index >= 15 is 0 Å². The van der Waals surface area contributed by atoms with Gasteiger partial charge in [0, 0.05) is 5.56 Å². The summed E-state index contributed by atoms with van der Waals surface area (Å²) in [6.45, 7) is 3.99. The summed E-state index contributed by atoms with van der Waals surface area (Å²) in [7, 11) is 1.28. The van der Waals surface area contributed by atoms with Crippen molar-refractivity contribution in [2.75, 3.05) is 12.8 Å². The van der Waals surface area contributed by atoms with E-state index in [2.05, 4.69) is 9.72 Å². The van der Waals surface area contributed by atoms with Crippen LogP contribution >= 0.6 is 11.6 Å². The van der Waals surface area contributed by atoms with E-state index < -0.39 is 5.97 Å². The van der Waals surface area contributed by atoms with Gasteiger partial charge in [-0.2, -0.15) is 0 Å². The van der Waals surface area contributed by atoms with E-state index in [0.717, 1.165) is 16.7 Å². The molecule has 0 aliphatic carbocycles. The van der Waals surface area contributed by atoms with Crippen LogP contribution in [0.25, 0.3) is 11.3 Å². The molecule has 0 saturated carbocycles. The van der Waals surface area contributed by atoms with Gasteiger partial charge in [-0.1, -0.05) is 35.4 Å². The maximum Gasteiger partial charge on any atom is 0.358 e. The number of ether oxygens (including phenoxy) is 1. The van der Waals surface area contributed by atoms with Crippen LogP contribution in [-0.4, -0.2) is 18.1 Å². The lowest BCUT2D eigenvalue weighted by atomic mass is 10.0. The van der Waals surface area contributed by atoms with E-state index in [0.29, 0.717) is 11.4 Å². The number of hydrogen-bond acceptors (Lipinski definition) is 4. The first kappa shape index (κ1) is 14.3. The summed E-state index contributed by atoms with van der Waals surface area (Å²) < 4.78 is 4.67. The molecular weight excluding hydrogens is 276 g/mol. The lowest BCUT2D eigenvalue weighted by Crippen LogP contribution is -2.08. The minimum Gasteiger partial charge on any atom is -0.464 e. The van der Waals surface area contributed by atoms with Crippen molar-refractivity contribution in [2.24, 2.45) is 0 Å². The normalized spacial score (nSPS) is 10.4. The van der Waals surface area contributed by atoms with Gasteiger partial charge < -0.3 is 10.5 Å². The first-order valence-corrected chi connectivity index (χ1v) is 6.43. The molecule has 4 nitrogen and oxygen atoms in total. The average molecular weight is 291 g/mol. The van der Waals surface area contributed by atoms with Gasteiger partial charge in [-0.15, -0.1) is 0 Å². The third kappa shape index (κ3) is 2.60. The summed E-state index contributed by atoms with van der Waals surface area (Å²) in [6.07, 6.45) is 0. The Kier molecular flexibility index (Phi) is 3.95. The summed E-state index contributed by atoms with van der Waals surface area (Å²) in [5.74, 6) is -0.603. The number of anilines is 1. The SMILES string of the molecule is COC(=O)c1nc(-c2ccc(C)cc2C)cc(N)c1Cl. The van der Waals surface area contributed by atoms with Crippen LogP contribution in [0.2, 0.25) is 5.02 Å². The van der Waals surface area contributed by atoms with Gasteiger partial charge in [0.25, 0.3) is 0 Å². The third-order valence-corrected chi connectivity index (χ3v) is 3.42. The Hall–Kier alpha value is -2.07. The highest BCUT2D eigenvalue weighted by atomic mass is 35.5. The number of pyridine rings is 1. The number of halogens is 1. The van der Waals surface area contributed by atoms with Gasteiger partial charge in [-0.25, -0.2) is 9.78 Å². The number of nitrogens with two attached hydrogens (primary N) is 1. The summed E-state index contributed by atoms with van der Waals surface area (Å²) in [5, 5.41) is 0.116. The van der Waals surface area contributed by atoms with Crippen LogP contribution in [0.3, 0.4) is 0 Å². The van der Waals surface area contributed by atoms with Crippen LogP contribution < -0.4 is 5.73 Å². The highest BCUT2D eigenvalue weighted by Crippen LogP contribution is 2.30. The molecule has 0 unspecified atom stereocenters. The van der Waals surface area contributed by atoms with E-state index in [1.807, 2.05) is 32.0 Å². The molecule has 0 fully saturated rings. The fourth-order valence-corrected chi connectivity index (χ4v) is 2.19. The molecule has 2 aromatic rings. The number of aryl methyl sites for hydroxylation is 2. The largest absolute Gasteiger partial charge is 0.464 e. The number of carbonyl (C=O) groups excluding carboxylic acids is 1. The molecule has 104 valence electrons. The van der Waals surface area contributed by atoms with Crippen LogP contribution in [0, 0.1) is 13.8 Å². The molecule has 0 atom stereocenters. The monoisotopic (exact) mass is 290 g/mol. The first-order chi connectivity index (χ1) is 9.43. The minimum absolute atomic E-state index is 0.0316. The number of nitrogen functional groups attached to an aromatic ring is 1. The zero-order chi connectivity index (χ0) is 14.9.